The van der Waals surface area contributed by atoms with Crippen LogP contribution in [0.25, 0.3) is 0 Å². The molecule has 1 aromatic rings. The van der Waals surface area contributed by atoms with Crippen molar-refractivity contribution < 1.29 is 18.7 Å². The minimum Gasteiger partial charge on any atom is -0.478 e. The molecule has 82 valence electrons. The lowest BCUT2D eigenvalue weighted by atomic mass is 10.0. The fourth-order valence-corrected chi connectivity index (χ4v) is 1.41. The van der Waals surface area contributed by atoms with Gasteiger partial charge >= 0.3 is 5.97 Å². The second kappa shape index (κ2) is 4.50. The highest BCUT2D eigenvalue weighted by Gasteiger charge is 2.23. The van der Waals surface area contributed by atoms with Gasteiger partial charge in [0.15, 0.2) is 0 Å². The number of pyridine rings is 1. The van der Waals surface area contributed by atoms with Crippen molar-refractivity contribution in [3.05, 3.63) is 28.0 Å². The quantitative estimate of drug-likeness (QED) is 0.785. The highest BCUT2D eigenvalue weighted by atomic mass is 35.5. The molecule has 0 aliphatic rings. The summed E-state index contributed by atoms with van der Waals surface area (Å²) in [5, 5.41) is 8.29. The van der Waals surface area contributed by atoms with Gasteiger partial charge in [0.05, 0.1) is 11.1 Å². The van der Waals surface area contributed by atoms with E-state index in [4.69, 9.17) is 22.4 Å². The van der Waals surface area contributed by atoms with E-state index in [1.54, 1.807) is 0 Å². The molecule has 1 heterocycles. The standard InChI is InChI=1S/C8H7ClF2N2O2/c9-6-5(7(10)11)3(1-12)4(2-13-6)8(14)15/h2,7H,1,12H2,(H,14,15). The predicted octanol–water partition coefficient (Wildman–Crippen LogP) is 1.83. The summed E-state index contributed by atoms with van der Waals surface area (Å²) in [6.45, 7) is -0.330. The molecular formula is C8H7ClF2N2O2. The molecule has 0 saturated heterocycles. The van der Waals surface area contributed by atoms with Gasteiger partial charge in [-0.05, 0) is 5.56 Å². The van der Waals surface area contributed by atoms with E-state index in [1.165, 1.54) is 0 Å². The molecule has 0 aliphatic carbocycles. The van der Waals surface area contributed by atoms with E-state index in [0.717, 1.165) is 6.20 Å². The zero-order valence-corrected chi connectivity index (χ0v) is 8.13. The van der Waals surface area contributed by atoms with Crippen LogP contribution < -0.4 is 5.73 Å². The summed E-state index contributed by atoms with van der Waals surface area (Å²) < 4.78 is 25.1. The van der Waals surface area contributed by atoms with E-state index in [2.05, 4.69) is 4.98 Å². The van der Waals surface area contributed by atoms with E-state index in [1.807, 2.05) is 0 Å². The predicted molar refractivity (Wildman–Crippen MR) is 49.1 cm³/mol. The van der Waals surface area contributed by atoms with Crippen LogP contribution in [0, 0.1) is 0 Å². The molecule has 0 aromatic carbocycles. The Morgan fingerprint density at radius 2 is 2.27 bits per heavy atom. The largest absolute Gasteiger partial charge is 0.478 e. The van der Waals surface area contributed by atoms with Crippen LogP contribution in [-0.4, -0.2) is 16.1 Å². The van der Waals surface area contributed by atoms with Gasteiger partial charge in [-0.25, -0.2) is 18.6 Å². The smallest absolute Gasteiger partial charge is 0.337 e. The molecule has 0 radical (unpaired) electrons. The van der Waals surface area contributed by atoms with Crippen molar-refractivity contribution in [3.63, 3.8) is 0 Å². The van der Waals surface area contributed by atoms with Crippen LogP contribution in [-0.2, 0) is 6.54 Å². The Kier molecular flexibility index (Phi) is 3.54. The highest BCUT2D eigenvalue weighted by Crippen LogP contribution is 2.30. The normalized spacial score (nSPS) is 10.7. The van der Waals surface area contributed by atoms with E-state index in [0.29, 0.717) is 0 Å². The molecule has 3 N–H and O–H groups in total. The first kappa shape index (κ1) is 11.8. The summed E-state index contributed by atoms with van der Waals surface area (Å²) in [6, 6.07) is 0. The monoisotopic (exact) mass is 236 g/mol. The van der Waals surface area contributed by atoms with Crippen molar-refractivity contribution in [1.29, 1.82) is 0 Å². The van der Waals surface area contributed by atoms with Gasteiger partial charge in [0.1, 0.15) is 5.15 Å². The van der Waals surface area contributed by atoms with Crippen LogP contribution in [0.15, 0.2) is 6.20 Å². The molecule has 0 saturated carbocycles. The molecule has 1 rings (SSSR count). The van der Waals surface area contributed by atoms with Gasteiger partial charge in [-0.15, -0.1) is 0 Å². The molecule has 15 heavy (non-hydrogen) atoms. The number of carboxylic acid groups (broad SMARTS) is 1. The minimum absolute atomic E-state index is 0.183. The zero-order chi connectivity index (χ0) is 11.6. The van der Waals surface area contributed by atoms with Crippen LogP contribution in [0.2, 0.25) is 5.15 Å². The molecule has 0 aliphatic heterocycles. The average molecular weight is 237 g/mol. The lowest BCUT2D eigenvalue weighted by Crippen LogP contribution is -2.12. The Labute approximate surface area is 88.7 Å². The Bertz CT molecular complexity index is 398. The van der Waals surface area contributed by atoms with Gasteiger partial charge in [0.25, 0.3) is 6.43 Å². The molecule has 0 fully saturated rings. The number of aromatic nitrogens is 1. The number of hydrogen-bond donors (Lipinski definition) is 2. The maximum Gasteiger partial charge on any atom is 0.337 e. The third-order valence-electron chi connectivity index (χ3n) is 1.83. The highest BCUT2D eigenvalue weighted by molar-refractivity contribution is 6.30. The minimum atomic E-state index is -2.90. The molecule has 0 bridgehead atoms. The third kappa shape index (κ3) is 2.21. The van der Waals surface area contributed by atoms with Crippen molar-refractivity contribution >= 4 is 17.6 Å². The lowest BCUT2D eigenvalue weighted by molar-refractivity contribution is 0.0694. The third-order valence-corrected chi connectivity index (χ3v) is 2.13. The number of hydrogen-bond acceptors (Lipinski definition) is 3. The Balaban J connectivity index is 3.47. The zero-order valence-electron chi connectivity index (χ0n) is 7.38. The number of halogens is 3. The van der Waals surface area contributed by atoms with E-state index < -0.39 is 23.1 Å². The molecule has 0 unspecified atom stereocenters. The van der Waals surface area contributed by atoms with Crippen LogP contribution >= 0.6 is 11.6 Å². The number of aromatic carboxylic acids is 1. The average Bonchev–Trinajstić information content (AvgIpc) is 2.15. The maximum absolute atomic E-state index is 12.5. The van der Waals surface area contributed by atoms with E-state index >= 15 is 0 Å². The number of rotatable bonds is 3. The van der Waals surface area contributed by atoms with Crippen LogP contribution in [0.4, 0.5) is 8.78 Å². The van der Waals surface area contributed by atoms with Crippen molar-refractivity contribution in [1.82, 2.24) is 4.98 Å². The SMILES string of the molecule is NCc1c(C(=O)O)cnc(Cl)c1C(F)F. The lowest BCUT2D eigenvalue weighted by Gasteiger charge is -2.10. The van der Waals surface area contributed by atoms with Crippen molar-refractivity contribution in [2.45, 2.75) is 13.0 Å². The Hall–Kier alpha value is -1.27. The van der Waals surface area contributed by atoms with Gasteiger partial charge in [0.2, 0.25) is 0 Å². The Morgan fingerprint density at radius 3 is 2.67 bits per heavy atom. The summed E-state index contributed by atoms with van der Waals surface area (Å²) in [5.74, 6) is -1.36. The number of carbonyl (C=O) groups is 1. The van der Waals surface area contributed by atoms with Crippen molar-refractivity contribution in [3.8, 4) is 0 Å². The van der Waals surface area contributed by atoms with Gasteiger partial charge in [-0.3, -0.25) is 0 Å². The van der Waals surface area contributed by atoms with E-state index in [-0.39, 0.29) is 17.7 Å². The van der Waals surface area contributed by atoms with E-state index in [9.17, 15) is 13.6 Å². The number of nitrogens with zero attached hydrogens (tertiary/aromatic N) is 1. The van der Waals surface area contributed by atoms with Crippen LogP contribution in [0.1, 0.15) is 27.9 Å². The summed E-state index contributed by atoms with van der Waals surface area (Å²) in [4.78, 5) is 14.1. The molecule has 4 nitrogen and oxygen atoms in total. The van der Waals surface area contributed by atoms with Gasteiger partial charge in [-0.1, -0.05) is 11.6 Å². The van der Waals surface area contributed by atoms with Crippen LogP contribution in [0.3, 0.4) is 0 Å². The fraction of sp³-hybridized carbons (Fsp3) is 0.250. The number of alkyl halides is 2. The number of carboxylic acids is 1. The molecule has 0 amide bonds. The van der Waals surface area contributed by atoms with Gasteiger partial charge < -0.3 is 10.8 Å². The Morgan fingerprint density at radius 1 is 1.67 bits per heavy atom. The molecule has 0 atom stereocenters. The number of nitrogens with two attached hydrogens (primary N) is 1. The first-order valence-electron chi connectivity index (χ1n) is 3.87. The molecule has 0 spiro atoms. The van der Waals surface area contributed by atoms with Crippen LogP contribution in [0.5, 0.6) is 0 Å². The first-order chi connectivity index (χ1) is 6.99. The van der Waals surface area contributed by atoms with Gasteiger partial charge in [0, 0.05) is 12.7 Å². The van der Waals surface area contributed by atoms with Crippen molar-refractivity contribution in [2.24, 2.45) is 5.73 Å². The summed E-state index contributed by atoms with van der Waals surface area (Å²) in [5.41, 5.74) is 4.07. The molecular weight excluding hydrogens is 230 g/mol. The summed E-state index contributed by atoms with van der Waals surface area (Å²) in [7, 11) is 0. The molecule has 1 aromatic heterocycles. The van der Waals surface area contributed by atoms with Crippen molar-refractivity contribution in [2.75, 3.05) is 0 Å². The maximum atomic E-state index is 12.5. The molecule has 7 heteroatoms. The second-order valence-electron chi connectivity index (χ2n) is 2.66. The summed E-state index contributed by atoms with van der Waals surface area (Å²) >= 11 is 5.44. The fourth-order valence-electron chi connectivity index (χ4n) is 1.16. The summed E-state index contributed by atoms with van der Waals surface area (Å²) in [6.07, 6.45) is -1.98. The van der Waals surface area contributed by atoms with Gasteiger partial charge in [-0.2, -0.15) is 0 Å². The first-order valence-corrected chi connectivity index (χ1v) is 4.25. The second-order valence-corrected chi connectivity index (χ2v) is 3.02. The topological polar surface area (TPSA) is 76.2 Å².